The first-order valence-corrected chi connectivity index (χ1v) is 8.94. The molecule has 148 valence electrons. The fraction of sp³-hybridized carbons (Fsp3) is 0.600. The molecule has 1 rings (SSSR count). The van der Waals surface area contributed by atoms with Gasteiger partial charge in [0.2, 0.25) is 0 Å². The third-order valence-electron chi connectivity index (χ3n) is 4.40. The molecule has 1 unspecified atom stereocenters. The van der Waals surface area contributed by atoms with Crippen LogP contribution in [0.1, 0.15) is 70.9 Å². The molecule has 0 saturated heterocycles. The van der Waals surface area contributed by atoms with Crippen LogP contribution in [0.3, 0.4) is 0 Å². The Morgan fingerprint density at radius 3 is 1.96 bits per heavy atom. The van der Waals surface area contributed by atoms with Gasteiger partial charge in [0.05, 0.1) is 0 Å². The van der Waals surface area contributed by atoms with E-state index in [-0.39, 0.29) is 30.2 Å². The van der Waals surface area contributed by atoms with Crippen molar-refractivity contribution in [3.8, 4) is 5.75 Å². The molecule has 6 heteroatoms. The molecular weight excluding hydrogens is 354 g/mol. The molecule has 0 amide bonds. The Balaban J connectivity index is 0.00000625. The minimum atomic E-state index is -0.730. The first kappa shape index (κ1) is 24.4. The molecule has 0 bridgehead atoms. The van der Waals surface area contributed by atoms with Gasteiger partial charge in [0, 0.05) is 0 Å². The molecule has 0 fully saturated rings. The number of nitrogens with two attached hydrogens (primary N) is 1. The molecular formula is C20H32ClNO4. The van der Waals surface area contributed by atoms with Crippen molar-refractivity contribution in [2.75, 3.05) is 6.61 Å². The zero-order valence-electron chi connectivity index (χ0n) is 16.6. The molecule has 0 heterocycles. The van der Waals surface area contributed by atoms with Gasteiger partial charge >= 0.3 is 11.9 Å². The molecule has 0 aromatic heterocycles. The van der Waals surface area contributed by atoms with Gasteiger partial charge in [-0.1, -0.05) is 66.2 Å². The minimum absolute atomic E-state index is 0. The monoisotopic (exact) mass is 385 g/mol. The van der Waals surface area contributed by atoms with Crippen LogP contribution in [-0.2, 0) is 14.3 Å². The summed E-state index contributed by atoms with van der Waals surface area (Å²) in [5, 5.41) is 0. The quantitative estimate of drug-likeness (QED) is 0.536. The first-order valence-electron chi connectivity index (χ1n) is 8.94. The van der Waals surface area contributed by atoms with E-state index in [0.29, 0.717) is 5.75 Å². The molecule has 0 spiro atoms. The minimum Gasteiger partial charge on any atom is -0.452 e. The second-order valence-electron chi connectivity index (χ2n) is 7.07. The summed E-state index contributed by atoms with van der Waals surface area (Å²) in [4.78, 5) is 24.1. The predicted molar refractivity (Wildman–Crippen MR) is 106 cm³/mol. The third-order valence-corrected chi connectivity index (χ3v) is 4.40. The molecule has 0 saturated carbocycles. The lowest BCUT2D eigenvalue weighted by molar-refractivity contribution is -0.155. The lowest BCUT2D eigenvalue weighted by atomic mass is 9.94. The largest absolute Gasteiger partial charge is 0.452 e. The van der Waals surface area contributed by atoms with E-state index in [0.717, 1.165) is 17.5 Å². The summed E-state index contributed by atoms with van der Waals surface area (Å²) in [6.45, 7) is 11.6. The summed E-state index contributed by atoms with van der Waals surface area (Å²) in [5.74, 6) is -0.185. The highest BCUT2D eigenvalue weighted by molar-refractivity contribution is 5.85. The Morgan fingerprint density at radius 2 is 1.54 bits per heavy atom. The van der Waals surface area contributed by atoms with Crippen molar-refractivity contribution in [2.45, 2.75) is 65.8 Å². The van der Waals surface area contributed by atoms with Crippen LogP contribution in [0, 0.1) is 5.92 Å². The number of carbonyl (C=O) groups is 2. The number of ether oxygens (including phenoxy) is 2. The topological polar surface area (TPSA) is 78.6 Å². The van der Waals surface area contributed by atoms with Gasteiger partial charge in [0.15, 0.2) is 6.61 Å². The first-order chi connectivity index (χ1) is 11.7. The summed E-state index contributed by atoms with van der Waals surface area (Å²) in [7, 11) is 0. The van der Waals surface area contributed by atoms with Crippen molar-refractivity contribution in [1.29, 1.82) is 0 Å². The fourth-order valence-corrected chi connectivity index (χ4v) is 2.46. The van der Waals surface area contributed by atoms with Gasteiger partial charge in [-0.2, -0.15) is 0 Å². The number of carbonyl (C=O) groups excluding carboxylic acids is 2. The Bertz CT molecular complexity index is 575. The Kier molecular flexibility index (Phi) is 10.5. The highest BCUT2D eigenvalue weighted by atomic mass is 35.5. The maximum Gasteiger partial charge on any atom is 0.349 e. The summed E-state index contributed by atoms with van der Waals surface area (Å²) in [6.07, 6.45) is 0.764. The fourth-order valence-electron chi connectivity index (χ4n) is 2.46. The lowest BCUT2D eigenvalue weighted by Crippen LogP contribution is -2.39. The smallest absolute Gasteiger partial charge is 0.349 e. The van der Waals surface area contributed by atoms with E-state index in [1.54, 1.807) is 0 Å². The van der Waals surface area contributed by atoms with Crippen molar-refractivity contribution in [2.24, 2.45) is 11.7 Å². The number of hydrogen-bond donors (Lipinski definition) is 1. The van der Waals surface area contributed by atoms with Crippen molar-refractivity contribution in [3.63, 3.8) is 0 Å². The van der Waals surface area contributed by atoms with Gasteiger partial charge in [-0.3, -0.25) is 4.79 Å². The standard InChI is InChI=1S/C20H31NO4.ClH/c1-7-14(6)18(21)20(23)24-11-17(22)25-19-15(12(2)3)9-8-10-16(19)13(4)5;/h8-10,12-14,18H,7,11,21H2,1-6H3;1H/t14?,18-;/m1./s1. The lowest BCUT2D eigenvalue weighted by Gasteiger charge is -2.19. The second-order valence-corrected chi connectivity index (χ2v) is 7.07. The molecule has 0 radical (unpaired) electrons. The Hall–Kier alpha value is -1.59. The van der Waals surface area contributed by atoms with E-state index in [1.807, 2.05) is 59.7 Å². The van der Waals surface area contributed by atoms with Crippen LogP contribution >= 0.6 is 12.4 Å². The average molecular weight is 386 g/mol. The predicted octanol–water partition coefficient (Wildman–Crippen LogP) is 4.18. The van der Waals surface area contributed by atoms with E-state index in [9.17, 15) is 9.59 Å². The number of halogens is 1. The molecule has 26 heavy (non-hydrogen) atoms. The highest BCUT2D eigenvalue weighted by Gasteiger charge is 2.23. The molecule has 2 atom stereocenters. The summed E-state index contributed by atoms with van der Waals surface area (Å²) in [5.41, 5.74) is 7.73. The molecule has 2 N–H and O–H groups in total. The Labute approximate surface area is 163 Å². The number of esters is 2. The van der Waals surface area contributed by atoms with Crippen LogP contribution in [0.2, 0.25) is 0 Å². The maximum absolute atomic E-state index is 12.2. The number of para-hydroxylation sites is 1. The molecule has 5 nitrogen and oxygen atoms in total. The van der Waals surface area contributed by atoms with Gasteiger partial charge in [0.1, 0.15) is 11.8 Å². The number of hydrogen-bond acceptors (Lipinski definition) is 5. The van der Waals surface area contributed by atoms with Gasteiger partial charge in [0.25, 0.3) is 0 Å². The van der Waals surface area contributed by atoms with Gasteiger partial charge in [-0.15, -0.1) is 12.4 Å². The van der Waals surface area contributed by atoms with E-state index in [4.69, 9.17) is 15.2 Å². The molecule has 1 aromatic rings. The van der Waals surface area contributed by atoms with Crippen LogP contribution < -0.4 is 10.5 Å². The average Bonchev–Trinajstić information content (AvgIpc) is 2.57. The van der Waals surface area contributed by atoms with Gasteiger partial charge in [-0.05, 0) is 28.9 Å². The van der Waals surface area contributed by atoms with E-state index < -0.39 is 24.6 Å². The van der Waals surface area contributed by atoms with Crippen LogP contribution in [-0.4, -0.2) is 24.6 Å². The zero-order chi connectivity index (χ0) is 19.1. The number of benzene rings is 1. The van der Waals surface area contributed by atoms with E-state index in [2.05, 4.69) is 0 Å². The Morgan fingerprint density at radius 1 is 1.04 bits per heavy atom. The van der Waals surface area contributed by atoms with Crippen molar-refractivity contribution in [1.82, 2.24) is 0 Å². The summed E-state index contributed by atoms with van der Waals surface area (Å²) < 4.78 is 10.6. The molecule has 0 aliphatic rings. The van der Waals surface area contributed by atoms with Crippen molar-refractivity contribution < 1.29 is 19.1 Å². The summed E-state index contributed by atoms with van der Waals surface area (Å²) in [6, 6.07) is 5.13. The van der Waals surface area contributed by atoms with Crippen LogP contribution in [0.4, 0.5) is 0 Å². The summed E-state index contributed by atoms with van der Waals surface area (Å²) >= 11 is 0. The zero-order valence-corrected chi connectivity index (χ0v) is 17.4. The van der Waals surface area contributed by atoms with Crippen LogP contribution in [0.25, 0.3) is 0 Å². The number of rotatable bonds is 8. The molecule has 1 aromatic carbocycles. The second kappa shape index (κ2) is 11.2. The third kappa shape index (κ3) is 6.61. The van der Waals surface area contributed by atoms with E-state index >= 15 is 0 Å². The van der Waals surface area contributed by atoms with E-state index in [1.165, 1.54) is 0 Å². The highest BCUT2D eigenvalue weighted by Crippen LogP contribution is 2.34. The van der Waals surface area contributed by atoms with Crippen LogP contribution in [0.5, 0.6) is 5.75 Å². The van der Waals surface area contributed by atoms with Gasteiger partial charge in [-0.25, -0.2) is 4.79 Å². The maximum atomic E-state index is 12.2. The molecule has 0 aliphatic carbocycles. The SMILES string of the molecule is CCC(C)[C@@H](N)C(=O)OCC(=O)Oc1c(C(C)C)cccc1C(C)C.Cl. The molecule has 0 aliphatic heterocycles. The van der Waals surface area contributed by atoms with Crippen LogP contribution in [0.15, 0.2) is 18.2 Å². The van der Waals surface area contributed by atoms with Crippen molar-refractivity contribution in [3.05, 3.63) is 29.3 Å². The van der Waals surface area contributed by atoms with Gasteiger partial charge < -0.3 is 15.2 Å². The normalized spacial score (nSPS) is 13.1. The van der Waals surface area contributed by atoms with Crippen molar-refractivity contribution >= 4 is 24.3 Å².